The summed E-state index contributed by atoms with van der Waals surface area (Å²) in [6.45, 7) is 7.94. The van der Waals surface area contributed by atoms with Crippen molar-refractivity contribution in [2.24, 2.45) is 0 Å². The number of thioether (sulfide) groups is 1. The molecule has 2 aromatic rings. The van der Waals surface area contributed by atoms with Gasteiger partial charge >= 0.3 is 6.03 Å². The number of carbonyl (C=O) groups excluding carboxylic acids is 1. The van der Waals surface area contributed by atoms with Gasteiger partial charge in [0.15, 0.2) is 0 Å². The van der Waals surface area contributed by atoms with Crippen LogP contribution in [-0.2, 0) is 0 Å². The molecule has 7 heteroatoms. The van der Waals surface area contributed by atoms with Crippen molar-refractivity contribution in [3.63, 3.8) is 0 Å². The van der Waals surface area contributed by atoms with Crippen molar-refractivity contribution in [3.8, 4) is 5.69 Å². The lowest BCUT2D eigenvalue weighted by Gasteiger charge is -2.38. The molecule has 0 spiro atoms. The Bertz CT molecular complexity index is 701. The average Bonchev–Trinajstić information content (AvgIpc) is 3.08. The molecule has 3 rings (SSSR count). The van der Waals surface area contributed by atoms with Gasteiger partial charge in [0, 0.05) is 23.6 Å². The van der Waals surface area contributed by atoms with Gasteiger partial charge in [-0.3, -0.25) is 0 Å². The molecule has 1 N–H and O–H groups in total. The van der Waals surface area contributed by atoms with E-state index in [4.69, 9.17) is 0 Å². The molecule has 1 atom stereocenters. The minimum atomic E-state index is -0.0707. The topological polar surface area (TPSA) is 63.1 Å². The second-order valence-corrected chi connectivity index (χ2v) is 8.44. The molecule has 2 heterocycles. The van der Waals surface area contributed by atoms with Crippen molar-refractivity contribution in [2.45, 2.75) is 31.6 Å². The third-order valence-electron chi connectivity index (χ3n) is 4.11. The Hall–Kier alpha value is -2.02. The zero-order chi connectivity index (χ0) is 17.2. The van der Waals surface area contributed by atoms with E-state index in [1.807, 2.05) is 47.9 Å². The van der Waals surface area contributed by atoms with Gasteiger partial charge in [0.25, 0.3) is 0 Å². The molecule has 0 saturated carbocycles. The molecule has 0 radical (unpaired) electrons. The highest BCUT2D eigenvalue weighted by Gasteiger charge is 2.30. The van der Waals surface area contributed by atoms with E-state index in [9.17, 15) is 4.79 Å². The van der Waals surface area contributed by atoms with Crippen LogP contribution in [0.5, 0.6) is 0 Å². The fourth-order valence-corrected chi connectivity index (χ4v) is 3.94. The number of hydrogen-bond donors (Lipinski definition) is 1. The predicted octanol–water partition coefficient (Wildman–Crippen LogP) is 2.87. The van der Waals surface area contributed by atoms with Crippen LogP contribution >= 0.6 is 11.8 Å². The first-order chi connectivity index (χ1) is 11.4. The SMILES string of the molecule is C[C@H](NC(=O)N1CCSC(C)(C)C1)c1cccc(-n2cncn2)c1. The second kappa shape index (κ2) is 6.84. The Morgan fingerprint density at radius 2 is 2.25 bits per heavy atom. The van der Waals surface area contributed by atoms with Crippen molar-refractivity contribution < 1.29 is 4.79 Å². The monoisotopic (exact) mass is 345 g/mol. The summed E-state index contributed by atoms with van der Waals surface area (Å²) in [5.41, 5.74) is 1.98. The summed E-state index contributed by atoms with van der Waals surface area (Å²) in [4.78, 5) is 18.4. The lowest BCUT2D eigenvalue weighted by molar-refractivity contribution is 0.191. The molecule has 2 amide bonds. The van der Waals surface area contributed by atoms with Gasteiger partial charge in [-0.05, 0) is 38.5 Å². The molecule has 1 fully saturated rings. The number of amides is 2. The third kappa shape index (κ3) is 3.90. The minimum absolute atomic E-state index is 0.00188. The van der Waals surface area contributed by atoms with Gasteiger partial charge in [-0.2, -0.15) is 16.9 Å². The highest BCUT2D eigenvalue weighted by Crippen LogP contribution is 2.29. The van der Waals surface area contributed by atoms with Crippen LogP contribution in [-0.4, -0.2) is 49.3 Å². The molecule has 0 unspecified atom stereocenters. The van der Waals surface area contributed by atoms with Crippen LogP contribution in [0.1, 0.15) is 32.4 Å². The van der Waals surface area contributed by atoms with Gasteiger partial charge < -0.3 is 10.2 Å². The molecule has 1 aliphatic heterocycles. The minimum Gasteiger partial charge on any atom is -0.331 e. The molecular formula is C17H23N5OS. The normalized spacial score (nSPS) is 18.2. The van der Waals surface area contributed by atoms with E-state index in [1.165, 1.54) is 6.33 Å². The number of aromatic nitrogens is 3. The lowest BCUT2D eigenvalue weighted by atomic mass is 10.1. The molecule has 1 aromatic carbocycles. The number of hydrogen-bond acceptors (Lipinski definition) is 4. The van der Waals surface area contributed by atoms with Crippen LogP contribution in [0.4, 0.5) is 4.79 Å². The first-order valence-electron chi connectivity index (χ1n) is 8.09. The van der Waals surface area contributed by atoms with Crippen LogP contribution in [0, 0.1) is 0 Å². The highest BCUT2D eigenvalue weighted by molar-refractivity contribution is 8.00. The summed E-state index contributed by atoms with van der Waals surface area (Å²) in [6.07, 6.45) is 3.17. The first-order valence-corrected chi connectivity index (χ1v) is 9.07. The Labute approximate surface area is 146 Å². The van der Waals surface area contributed by atoms with E-state index < -0.39 is 0 Å². The number of rotatable bonds is 3. The summed E-state index contributed by atoms with van der Waals surface area (Å²) in [5.74, 6) is 0.983. The number of urea groups is 1. The van der Waals surface area contributed by atoms with Crippen molar-refractivity contribution >= 4 is 17.8 Å². The quantitative estimate of drug-likeness (QED) is 0.929. The molecule has 1 aliphatic rings. The zero-order valence-electron chi connectivity index (χ0n) is 14.3. The number of carbonyl (C=O) groups is 1. The number of nitrogens with one attached hydrogen (secondary N) is 1. The largest absolute Gasteiger partial charge is 0.331 e. The van der Waals surface area contributed by atoms with E-state index in [1.54, 1.807) is 11.0 Å². The zero-order valence-corrected chi connectivity index (χ0v) is 15.1. The fraction of sp³-hybridized carbons (Fsp3) is 0.471. The Kier molecular flexibility index (Phi) is 4.80. The second-order valence-electron chi connectivity index (χ2n) is 6.64. The molecule has 24 heavy (non-hydrogen) atoms. The molecule has 128 valence electrons. The van der Waals surface area contributed by atoms with Crippen LogP contribution in [0.2, 0.25) is 0 Å². The standard InChI is InChI=1S/C17H23N5OS/c1-13(20-16(23)21-7-8-24-17(2,3)10-21)14-5-4-6-15(9-14)22-12-18-11-19-22/h4-6,9,11-13H,7-8,10H2,1-3H3,(H,20,23)/t13-/m0/s1. The Balaban J connectivity index is 1.67. The van der Waals surface area contributed by atoms with Crippen molar-refractivity contribution in [2.75, 3.05) is 18.8 Å². The van der Waals surface area contributed by atoms with Gasteiger partial charge in [0.1, 0.15) is 12.7 Å². The molecule has 1 aromatic heterocycles. The summed E-state index contributed by atoms with van der Waals surface area (Å²) in [5, 5.41) is 7.25. The van der Waals surface area contributed by atoms with Gasteiger partial charge in [-0.15, -0.1) is 0 Å². The van der Waals surface area contributed by atoms with E-state index in [0.717, 1.165) is 30.1 Å². The van der Waals surface area contributed by atoms with Crippen LogP contribution in [0.3, 0.4) is 0 Å². The van der Waals surface area contributed by atoms with E-state index in [2.05, 4.69) is 29.2 Å². The molecule has 1 saturated heterocycles. The lowest BCUT2D eigenvalue weighted by Crippen LogP contribution is -2.50. The van der Waals surface area contributed by atoms with Crippen molar-refractivity contribution in [3.05, 3.63) is 42.5 Å². The maximum Gasteiger partial charge on any atom is 0.317 e. The van der Waals surface area contributed by atoms with Crippen LogP contribution in [0.15, 0.2) is 36.9 Å². The number of nitrogens with zero attached hydrogens (tertiary/aromatic N) is 4. The van der Waals surface area contributed by atoms with E-state index >= 15 is 0 Å². The van der Waals surface area contributed by atoms with Crippen molar-refractivity contribution in [1.29, 1.82) is 0 Å². The summed E-state index contributed by atoms with van der Waals surface area (Å²) in [6, 6.07) is 7.91. The fourth-order valence-electron chi connectivity index (χ4n) is 2.83. The maximum absolute atomic E-state index is 12.6. The summed E-state index contributed by atoms with van der Waals surface area (Å²) in [7, 11) is 0. The Morgan fingerprint density at radius 3 is 2.96 bits per heavy atom. The maximum atomic E-state index is 12.6. The van der Waals surface area contributed by atoms with Crippen LogP contribution in [0.25, 0.3) is 5.69 Å². The van der Waals surface area contributed by atoms with Gasteiger partial charge in [0.05, 0.1) is 11.7 Å². The Morgan fingerprint density at radius 1 is 1.42 bits per heavy atom. The average molecular weight is 345 g/mol. The van der Waals surface area contributed by atoms with E-state index in [0.29, 0.717) is 0 Å². The van der Waals surface area contributed by atoms with Gasteiger partial charge in [-0.1, -0.05) is 12.1 Å². The van der Waals surface area contributed by atoms with Crippen LogP contribution < -0.4 is 5.32 Å². The van der Waals surface area contributed by atoms with Gasteiger partial charge in [0.2, 0.25) is 0 Å². The van der Waals surface area contributed by atoms with Gasteiger partial charge in [-0.25, -0.2) is 14.5 Å². The third-order valence-corrected chi connectivity index (χ3v) is 5.40. The molecule has 0 aliphatic carbocycles. The predicted molar refractivity (Wildman–Crippen MR) is 96.4 cm³/mol. The smallest absolute Gasteiger partial charge is 0.317 e. The van der Waals surface area contributed by atoms with E-state index in [-0.39, 0.29) is 16.8 Å². The highest BCUT2D eigenvalue weighted by atomic mass is 32.2. The molecular weight excluding hydrogens is 322 g/mol. The molecule has 6 nitrogen and oxygen atoms in total. The summed E-state index contributed by atoms with van der Waals surface area (Å²) >= 11 is 1.92. The number of benzene rings is 1. The molecule has 0 bridgehead atoms. The summed E-state index contributed by atoms with van der Waals surface area (Å²) < 4.78 is 1.83. The van der Waals surface area contributed by atoms with Crippen molar-refractivity contribution in [1.82, 2.24) is 25.0 Å². The first kappa shape index (κ1) is 16.8.